The van der Waals surface area contributed by atoms with Crippen molar-refractivity contribution >= 4 is 11.9 Å². The van der Waals surface area contributed by atoms with Crippen molar-refractivity contribution in [2.45, 2.75) is 200 Å². The average Bonchev–Trinajstić information content (AvgIpc) is 2.99. The van der Waals surface area contributed by atoms with E-state index in [1.54, 1.807) is 0 Å². The molecule has 1 N–H and O–H groups in total. The number of hydrogen-bond acceptors (Lipinski definition) is 3. The molecule has 0 saturated heterocycles. The number of carbonyl (C=O) groups is 2. The van der Waals surface area contributed by atoms with E-state index < -0.39 is 5.97 Å². The van der Waals surface area contributed by atoms with Gasteiger partial charge >= 0.3 is 11.9 Å². The van der Waals surface area contributed by atoms with Gasteiger partial charge in [-0.05, 0) is 70.6 Å². The maximum absolute atomic E-state index is 12.6. The second-order valence-electron chi connectivity index (χ2n) is 12.4. The van der Waals surface area contributed by atoms with Gasteiger partial charge in [-0.3, -0.25) is 9.59 Å². The molecule has 0 radical (unpaired) electrons. The molecule has 1 atom stereocenters. The van der Waals surface area contributed by atoms with Gasteiger partial charge in [0, 0.05) is 12.8 Å². The van der Waals surface area contributed by atoms with Crippen LogP contribution in [-0.4, -0.2) is 23.1 Å². The third-order valence-corrected chi connectivity index (χ3v) is 8.13. The minimum Gasteiger partial charge on any atom is -0.481 e. The molecular formula is C39H70O4. The molecule has 0 bridgehead atoms. The van der Waals surface area contributed by atoms with Crippen LogP contribution in [0.15, 0.2) is 36.5 Å². The summed E-state index contributed by atoms with van der Waals surface area (Å²) in [7, 11) is 0. The molecule has 0 rings (SSSR count). The lowest BCUT2D eigenvalue weighted by Gasteiger charge is -2.18. The average molecular weight is 603 g/mol. The van der Waals surface area contributed by atoms with Crippen molar-refractivity contribution in [1.29, 1.82) is 0 Å². The summed E-state index contributed by atoms with van der Waals surface area (Å²) in [4.78, 5) is 23.3. The highest BCUT2D eigenvalue weighted by molar-refractivity contribution is 5.69. The molecule has 4 nitrogen and oxygen atoms in total. The van der Waals surface area contributed by atoms with Gasteiger partial charge in [0.15, 0.2) is 0 Å². The molecule has 1 unspecified atom stereocenters. The Morgan fingerprint density at radius 2 is 0.977 bits per heavy atom. The monoisotopic (exact) mass is 603 g/mol. The fraction of sp³-hybridized carbons (Fsp3) is 0.795. The van der Waals surface area contributed by atoms with Gasteiger partial charge in [0.1, 0.15) is 6.10 Å². The van der Waals surface area contributed by atoms with Gasteiger partial charge < -0.3 is 9.84 Å². The van der Waals surface area contributed by atoms with Crippen LogP contribution < -0.4 is 0 Å². The highest BCUT2D eigenvalue weighted by Gasteiger charge is 2.14. The summed E-state index contributed by atoms with van der Waals surface area (Å²) in [5, 5.41) is 8.81. The predicted octanol–water partition coefficient (Wildman–Crippen LogP) is 12.6. The van der Waals surface area contributed by atoms with E-state index in [-0.39, 0.29) is 18.5 Å². The van der Waals surface area contributed by atoms with Gasteiger partial charge in [-0.15, -0.1) is 0 Å². The number of carbonyl (C=O) groups excluding carboxylic acids is 1. The van der Waals surface area contributed by atoms with E-state index in [0.29, 0.717) is 6.42 Å². The number of unbranched alkanes of at least 4 members (excludes halogenated alkanes) is 18. The Morgan fingerprint density at radius 3 is 1.51 bits per heavy atom. The molecule has 0 aliphatic heterocycles. The zero-order valence-corrected chi connectivity index (χ0v) is 28.5. The molecule has 0 aromatic carbocycles. The summed E-state index contributed by atoms with van der Waals surface area (Å²) in [6, 6.07) is 0. The van der Waals surface area contributed by atoms with Gasteiger partial charge in [-0.1, -0.05) is 147 Å². The van der Waals surface area contributed by atoms with Crippen LogP contribution in [0.2, 0.25) is 0 Å². The van der Waals surface area contributed by atoms with E-state index >= 15 is 0 Å². The number of ether oxygens (including phenoxy) is 1. The first-order valence-corrected chi connectivity index (χ1v) is 18.5. The molecule has 4 heteroatoms. The summed E-state index contributed by atoms with van der Waals surface area (Å²) in [6.45, 7) is 4.42. The first-order chi connectivity index (χ1) is 21.1. The van der Waals surface area contributed by atoms with E-state index in [1.807, 2.05) is 0 Å². The molecule has 43 heavy (non-hydrogen) atoms. The first-order valence-electron chi connectivity index (χ1n) is 18.5. The fourth-order valence-corrected chi connectivity index (χ4v) is 5.43. The van der Waals surface area contributed by atoms with Crippen molar-refractivity contribution < 1.29 is 19.4 Å². The number of allylic oxidation sites excluding steroid dienone is 6. The van der Waals surface area contributed by atoms with E-state index in [2.05, 4.69) is 50.3 Å². The van der Waals surface area contributed by atoms with Gasteiger partial charge in [0.2, 0.25) is 0 Å². The molecule has 0 amide bonds. The Kier molecular flexibility index (Phi) is 33.2. The van der Waals surface area contributed by atoms with Gasteiger partial charge in [-0.25, -0.2) is 0 Å². The Morgan fingerprint density at radius 1 is 0.535 bits per heavy atom. The SMILES string of the molecule is CC/C=C\C/C=C\C/C=C\CCCCCCCCCCCC(=O)OC(CCCCCCCCC)CCCCCCC(=O)O. The smallest absolute Gasteiger partial charge is 0.306 e. The standard InChI is InChI=1S/C39H70O4/c1-3-5-7-9-11-12-13-14-15-16-17-18-19-20-21-22-24-26-32-36-39(42)43-37(33-29-25-23-10-8-6-4-2)34-30-27-28-31-35-38(40)41/h5,7,11-12,14-15,37H,3-4,6,8-10,13,16-36H2,1-2H3,(H,40,41)/b7-5-,12-11-,15-14-. The Hall–Kier alpha value is -1.84. The summed E-state index contributed by atoms with van der Waals surface area (Å²) in [5.74, 6) is -0.733. The highest BCUT2D eigenvalue weighted by atomic mass is 16.5. The van der Waals surface area contributed by atoms with E-state index in [4.69, 9.17) is 9.84 Å². The second-order valence-corrected chi connectivity index (χ2v) is 12.4. The molecule has 0 aromatic heterocycles. The van der Waals surface area contributed by atoms with Crippen molar-refractivity contribution in [3.05, 3.63) is 36.5 Å². The van der Waals surface area contributed by atoms with Crippen LogP contribution in [0, 0.1) is 0 Å². The maximum atomic E-state index is 12.6. The zero-order chi connectivity index (χ0) is 31.5. The van der Waals surface area contributed by atoms with Crippen LogP contribution >= 0.6 is 0 Å². The third-order valence-electron chi connectivity index (χ3n) is 8.13. The minimum absolute atomic E-state index is 0.0203. The molecular weight excluding hydrogens is 532 g/mol. The molecule has 0 spiro atoms. The van der Waals surface area contributed by atoms with E-state index in [9.17, 15) is 9.59 Å². The minimum atomic E-state index is -0.713. The van der Waals surface area contributed by atoms with Gasteiger partial charge in [-0.2, -0.15) is 0 Å². The Labute approximate surface area is 267 Å². The van der Waals surface area contributed by atoms with Crippen molar-refractivity contribution in [2.24, 2.45) is 0 Å². The molecule has 0 saturated carbocycles. The topological polar surface area (TPSA) is 63.6 Å². The number of carboxylic acids is 1. The van der Waals surface area contributed by atoms with Crippen LogP contribution in [-0.2, 0) is 14.3 Å². The maximum Gasteiger partial charge on any atom is 0.306 e. The van der Waals surface area contributed by atoms with Crippen LogP contribution in [0.25, 0.3) is 0 Å². The Balaban J connectivity index is 3.86. The quantitative estimate of drug-likeness (QED) is 0.0461. The molecule has 0 aliphatic carbocycles. The van der Waals surface area contributed by atoms with Crippen molar-refractivity contribution in [3.63, 3.8) is 0 Å². The van der Waals surface area contributed by atoms with Crippen LogP contribution in [0.1, 0.15) is 194 Å². The highest BCUT2D eigenvalue weighted by Crippen LogP contribution is 2.18. The van der Waals surface area contributed by atoms with Crippen molar-refractivity contribution in [3.8, 4) is 0 Å². The lowest BCUT2D eigenvalue weighted by atomic mass is 10.0. The number of esters is 1. The summed E-state index contributed by atoms with van der Waals surface area (Å²) >= 11 is 0. The van der Waals surface area contributed by atoms with Gasteiger partial charge in [0.25, 0.3) is 0 Å². The molecule has 0 heterocycles. The third kappa shape index (κ3) is 34.5. The van der Waals surface area contributed by atoms with Crippen molar-refractivity contribution in [1.82, 2.24) is 0 Å². The first kappa shape index (κ1) is 41.2. The number of aliphatic carboxylic acids is 1. The number of rotatable bonds is 33. The van der Waals surface area contributed by atoms with E-state index in [1.165, 1.54) is 89.9 Å². The second kappa shape index (κ2) is 34.6. The molecule has 0 aliphatic rings. The van der Waals surface area contributed by atoms with E-state index in [0.717, 1.165) is 77.0 Å². The molecule has 0 aromatic rings. The number of hydrogen-bond donors (Lipinski definition) is 1. The molecule has 0 fully saturated rings. The van der Waals surface area contributed by atoms with Crippen LogP contribution in [0.5, 0.6) is 0 Å². The zero-order valence-electron chi connectivity index (χ0n) is 28.5. The summed E-state index contributed by atoms with van der Waals surface area (Å²) in [5.41, 5.74) is 0. The Bertz CT molecular complexity index is 693. The normalized spacial score (nSPS) is 12.6. The number of carboxylic acid groups (broad SMARTS) is 1. The largest absolute Gasteiger partial charge is 0.481 e. The van der Waals surface area contributed by atoms with Crippen molar-refractivity contribution in [2.75, 3.05) is 0 Å². The predicted molar refractivity (Wildman–Crippen MR) is 186 cm³/mol. The van der Waals surface area contributed by atoms with Gasteiger partial charge in [0.05, 0.1) is 0 Å². The fourth-order valence-electron chi connectivity index (χ4n) is 5.43. The molecule has 250 valence electrons. The summed E-state index contributed by atoms with van der Waals surface area (Å²) < 4.78 is 5.93. The van der Waals surface area contributed by atoms with Crippen LogP contribution in [0.4, 0.5) is 0 Å². The van der Waals surface area contributed by atoms with Crippen LogP contribution in [0.3, 0.4) is 0 Å². The lowest BCUT2D eigenvalue weighted by molar-refractivity contribution is -0.150. The lowest BCUT2D eigenvalue weighted by Crippen LogP contribution is -2.18. The summed E-state index contributed by atoms with van der Waals surface area (Å²) in [6.07, 6.45) is 44.5.